The lowest BCUT2D eigenvalue weighted by Gasteiger charge is -2.44. The zero-order chi connectivity index (χ0) is 37.4. The Morgan fingerprint density at radius 2 is 1.67 bits per heavy atom. The van der Waals surface area contributed by atoms with Crippen LogP contribution in [0.2, 0.25) is 0 Å². The second-order valence-electron chi connectivity index (χ2n) is 14.8. The van der Waals surface area contributed by atoms with E-state index < -0.39 is 0 Å². The third-order valence-electron chi connectivity index (χ3n) is 11.4. The van der Waals surface area contributed by atoms with Crippen molar-refractivity contribution in [2.24, 2.45) is 5.41 Å². The van der Waals surface area contributed by atoms with Gasteiger partial charge >= 0.3 is 0 Å². The number of carbonyl (C=O) groups is 3. The van der Waals surface area contributed by atoms with Gasteiger partial charge in [-0.25, -0.2) is 9.37 Å². The summed E-state index contributed by atoms with van der Waals surface area (Å²) >= 11 is 1.40. The lowest BCUT2D eigenvalue weighted by atomic mass is 9.72. The van der Waals surface area contributed by atoms with Gasteiger partial charge in [-0.3, -0.25) is 14.4 Å². The highest BCUT2D eigenvalue weighted by Gasteiger charge is 2.37. The normalized spacial score (nSPS) is 16.4. The van der Waals surface area contributed by atoms with E-state index in [2.05, 4.69) is 10.2 Å². The number of nitrogens with zero attached hydrogens (tertiary/aromatic N) is 3. The highest BCUT2D eigenvalue weighted by Crippen LogP contribution is 2.43. The van der Waals surface area contributed by atoms with E-state index in [1.807, 2.05) is 62.5 Å². The molecule has 3 aliphatic rings. The number of hydrogen-bond donors (Lipinski definition) is 1. The molecular weight excluding hydrogens is 700 g/mol. The zero-order valence-corrected chi connectivity index (χ0v) is 31.4. The van der Waals surface area contributed by atoms with E-state index in [-0.39, 0.29) is 29.8 Å². The number of aromatic nitrogens is 1. The quantitative estimate of drug-likeness (QED) is 0.168. The van der Waals surface area contributed by atoms with E-state index in [4.69, 9.17) is 9.72 Å². The fraction of sp³-hybridized carbons (Fsp3) is 0.318. The lowest BCUT2D eigenvalue weighted by molar-refractivity contribution is 0.00205. The van der Waals surface area contributed by atoms with Crippen LogP contribution in [0.15, 0.2) is 85.1 Å². The van der Waals surface area contributed by atoms with Crippen molar-refractivity contribution in [2.75, 3.05) is 48.0 Å². The molecule has 1 spiro atoms. The number of halogens is 1. The summed E-state index contributed by atoms with van der Waals surface area (Å²) in [7, 11) is 0. The average molecular weight is 743 g/mol. The molecule has 8 nitrogen and oxygen atoms in total. The van der Waals surface area contributed by atoms with Gasteiger partial charge in [0.2, 0.25) is 0 Å². The number of piperidine rings is 1. The first-order valence-corrected chi connectivity index (χ1v) is 19.5. The van der Waals surface area contributed by atoms with Crippen molar-refractivity contribution in [3.05, 3.63) is 129 Å². The fourth-order valence-corrected chi connectivity index (χ4v) is 9.29. The summed E-state index contributed by atoms with van der Waals surface area (Å²) in [5.41, 5.74) is 6.69. The highest BCUT2D eigenvalue weighted by atomic mass is 32.1. The van der Waals surface area contributed by atoms with Crippen LogP contribution in [0.4, 0.5) is 21.6 Å². The number of rotatable bonds is 7. The molecule has 0 bridgehead atoms. The molecule has 3 aliphatic heterocycles. The number of anilines is 3. The maximum atomic E-state index is 14.5. The van der Waals surface area contributed by atoms with E-state index >= 15 is 0 Å². The van der Waals surface area contributed by atoms with Crippen molar-refractivity contribution in [1.82, 2.24) is 4.98 Å². The predicted molar refractivity (Wildman–Crippen MR) is 212 cm³/mol. The van der Waals surface area contributed by atoms with Crippen LogP contribution in [0, 0.1) is 25.1 Å². The number of ether oxygens (including phenoxy) is 1. The predicted octanol–water partition coefficient (Wildman–Crippen LogP) is 8.84. The van der Waals surface area contributed by atoms with Crippen LogP contribution in [0.5, 0.6) is 0 Å². The molecule has 0 unspecified atom stereocenters. The van der Waals surface area contributed by atoms with Crippen LogP contribution in [-0.2, 0) is 17.6 Å². The van der Waals surface area contributed by atoms with Gasteiger partial charge in [-0.1, -0.05) is 30.3 Å². The molecule has 0 radical (unpaired) electrons. The van der Waals surface area contributed by atoms with E-state index in [0.29, 0.717) is 51.5 Å². The van der Waals surface area contributed by atoms with Crippen LogP contribution in [0.3, 0.4) is 0 Å². The standard InChI is InChI=1S/C44H43FN4O4S/c1-28-24-35(41(46-27-28)48-20-15-44(16-21-48)17-22-53-23-18-44)42(51)47-32-12-10-30(11-13-32)43(52)49-19-14-31-25-39(54-40(31)33-7-3-4-9-37(33)49)38(50)26-34-29(2)6-5-8-36(34)45/h3-13,24-25,27H,14-23,26H2,1-2H3,(H,47,51). The molecule has 10 heteroatoms. The highest BCUT2D eigenvalue weighted by molar-refractivity contribution is 7.17. The Hall–Kier alpha value is -5.19. The summed E-state index contributed by atoms with van der Waals surface area (Å²) in [5.74, 6) is -0.174. The topological polar surface area (TPSA) is 91.8 Å². The van der Waals surface area contributed by atoms with Crippen molar-refractivity contribution in [1.29, 1.82) is 0 Å². The van der Waals surface area contributed by atoms with Gasteiger partial charge in [0.25, 0.3) is 11.8 Å². The number of pyridine rings is 1. The number of benzene rings is 3. The van der Waals surface area contributed by atoms with Crippen LogP contribution in [-0.4, -0.2) is 55.4 Å². The van der Waals surface area contributed by atoms with Crippen LogP contribution in [0.25, 0.3) is 10.4 Å². The molecule has 3 aromatic carbocycles. The molecule has 5 aromatic rings. The molecule has 1 N–H and O–H groups in total. The van der Waals surface area contributed by atoms with Gasteiger partial charge in [-0.15, -0.1) is 11.3 Å². The van der Waals surface area contributed by atoms with Gasteiger partial charge in [0.05, 0.1) is 16.1 Å². The second-order valence-corrected chi connectivity index (χ2v) is 15.9. The van der Waals surface area contributed by atoms with E-state index in [1.54, 1.807) is 35.2 Å². The Balaban J connectivity index is 0.967. The summed E-state index contributed by atoms with van der Waals surface area (Å²) in [5, 5.41) is 3.04. The smallest absolute Gasteiger partial charge is 0.259 e. The number of fused-ring (bicyclic) bond motifs is 3. The van der Waals surface area contributed by atoms with E-state index in [0.717, 1.165) is 84.8 Å². The summed E-state index contributed by atoms with van der Waals surface area (Å²) in [6.45, 7) is 7.54. The van der Waals surface area contributed by atoms with Crippen LogP contribution < -0.4 is 15.1 Å². The van der Waals surface area contributed by atoms with Crippen LogP contribution >= 0.6 is 11.3 Å². The number of nitrogens with one attached hydrogen (secondary N) is 1. The maximum absolute atomic E-state index is 14.5. The molecular formula is C44H43FN4O4S. The minimum Gasteiger partial charge on any atom is -0.381 e. The number of Topliss-reactive ketones (excluding diaryl/α,β-unsaturated/α-hetero) is 1. The SMILES string of the molecule is Cc1cnc(N2CCC3(CCOCC3)CC2)c(C(=O)Nc2ccc(C(=O)N3CCc4cc(C(=O)Cc5c(C)cccc5F)sc4-c4ccccc43)cc2)c1. The number of amides is 2. The average Bonchev–Trinajstić information content (AvgIpc) is 3.55. The summed E-state index contributed by atoms with van der Waals surface area (Å²) < 4.78 is 20.2. The first-order valence-electron chi connectivity index (χ1n) is 18.7. The molecule has 2 saturated heterocycles. The number of hydrogen-bond acceptors (Lipinski definition) is 7. The minimum absolute atomic E-state index is 0.000829. The third-order valence-corrected chi connectivity index (χ3v) is 12.6. The molecule has 0 aliphatic carbocycles. The fourth-order valence-electron chi connectivity index (χ4n) is 8.11. The van der Waals surface area contributed by atoms with E-state index in [1.165, 1.54) is 17.4 Å². The van der Waals surface area contributed by atoms with Gasteiger partial charge in [-0.2, -0.15) is 0 Å². The number of aryl methyl sites for hydroxylation is 2. The summed E-state index contributed by atoms with van der Waals surface area (Å²) in [4.78, 5) is 51.5. The molecule has 0 saturated carbocycles. The van der Waals surface area contributed by atoms with E-state index in [9.17, 15) is 18.8 Å². The van der Waals surface area contributed by atoms with Gasteiger partial charge in [0, 0.05) is 67.2 Å². The Morgan fingerprint density at radius 1 is 0.907 bits per heavy atom. The van der Waals surface area contributed by atoms with Gasteiger partial charge in [-0.05, 0) is 122 Å². The van der Waals surface area contributed by atoms with Crippen molar-refractivity contribution >= 4 is 46.1 Å². The molecule has 2 aromatic heterocycles. The summed E-state index contributed by atoms with van der Waals surface area (Å²) in [6, 6.07) is 23.4. The minimum atomic E-state index is -0.370. The first-order chi connectivity index (χ1) is 26.2. The largest absolute Gasteiger partial charge is 0.381 e. The molecule has 2 fully saturated rings. The Labute approximate surface area is 319 Å². The zero-order valence-electron chi connectivity index (χ0n) is 30.6. The monoisotopic (exact) mass is 742 g/mol. The lowest BCUT2D eigenvalue weighted by Crippen LogP contribution is -2.43. The van der Waals surface area contributed by atoms with Crippen molar-refractivity contribution < 1.29 is 23.5 Å². The van der Waals surface area contributed by atoms with Crippen molar-refractivity contribution in [3.63, 3.8) is 0 Å². The molecule has 276 valence electrons. The van der Waals surface area contributed by atoms with Crippen LogP contribution in [0.1, 0.15) is 78.3 Å². The Kier molecular flexibility index (Phi) is 9.89. The molecule has 2 amide bonds. The Morgan fingerprint density at radius 3 is 2.43 bits per heavy atom. The third kappa shape index (κ3) is 7.08. The van der Waals surface area contributed by atoms with Crippen molar-refractivity contribution in [3.8, 4) is 10.4 Å². The van der Waals surface area contributed by atoms with Gasteiger partial charge in [0.1, 0.15) is 11.6 Å². The van der Waals surface area contributed by atoms with Gasteiger partial charge in [0.15, 0.2) is 5.78 Å². The maximum Gasteiger partial charge on any atom is 0.259 e. The van der Waals surface area contributed by atoms with Crippen molar-refractivity contribution in [2.45, 2.75) is 52.4 Å². The van der Waals surface area contributed by atoms with Gasteiger partial charge < -0.3 is 19.9 Å². The number of para-hydroxylation sites is 1. The first kappa shape index (κ1) is 35.8. The molecule has 8 rings (SSSR count). The Bertz CT molecular complexity index is 2210. The number of thiophene rings is 1. The second kappa shape index (κ2) is 14.9. The molecule has 5 heterocycles. The number of carbonyl (C=O) groups excluding carboxylic acids is 3. The molecule has 54 heavy (non-hydrogen) atoms. The summed E-state index contributed by atoms with van der Waals surface area (Å²) in [6.07, 6.45) is 6.70. The number of ketones is 1. The molecule has 0 atom stereocenters.